The molecule has 0 radical (unpaired) electrons. The zero-order valence-corrected chi connectivity index (χ0v) is 18.0. The lowest BCUT2D eigenvalue weighted by Gasteiger charge is -2.20. The summed E-state index contributed by atoms with van der Waals surface area (Å²) in [6.45, 7) is 3.77. The van der Waals surface area contributed by atoms with Crippen molar-refractivity contribution in [1.82, 2.24) is 0 Å². The molecule has 0 saturated heterocycles. The number of rotatable bonds is 4. The van der Waals surface area contributed by atoms with Crippen LogP contribution in [0, 0.1) is 19.7 Å². The smallest absolute Gasteiger partial charge is 0.249 e. The Balaban J connectivity index is 1.77. The Kier molecular flexibility index (Phi) is 5.54. The molecule has 0 N–H and O–H groups in total. The van der Waals surface area contributed by atoms with Crippen molar-refractivity contribution >= 4 is 45.3 Å². The first kappa shape index (κ1) is 20.4. The van der Waals surface area contributed by atoms with E-state index in [1.165, 1.54) is 40.5 Å². The highest BCUT2D eigenvalue weighted by molar-refractivity contribution is 7.17. The number of carbonyl (C=O) groups excluding carboxylic acids is 2. The summed E-state index contributed by atoms with van der Waals surface area (Å²) in [5.74, 6) is -0.932. The van der Waals surface area contributed by atoms with E-state index < -0.39 is 5.82 Å². The van der Waals surface area contributed by atoms with Crippen LogP contribution in [0.2, 0.25) is 5.02 Å². The van der Waals surface area contributed by atoms with Gasteiger partial charge in [0, 0.05) is 26.6 Å². The second-order valence-corrected chi connectivity index (χ2v) is 8.69. The molecule has 2 heterocycles. The van der Waals surface area contributed by atoms with Gasteiger partial charge >= 0.3 is 0 Å². The van der Waals surface area contributed by atoms with Crippen LogP contribution in [-0.2, 0) is 4.79 Å². The van der Waals surface area contributed by atoms with Gasteiger partial charge in [0.25, 0.3) is 0 Å². The van der Waals surface area contributed by atoms with Gasteiger partial charge in [0.15, 0.2) is 5.78 Å². The van der Waals surface area contributed by atoms with Crippen molar-refractivity contribution < 1.29 is 14.0 Å². The van der Waals surface area contributed by atoms with Crippen LogP contribution in [-0.4, -0.2) is 30.5 Å². The quantitative estimate of drug-likeness (QED) is 0.522. The number of thiophene rings is 1. The summed E-state index contributed by atoms with van der Waals surface area (Å²) >= 11 is 7.64. The monoisotopic (exact) mass is 440 g/mol. The molecule has 0 bridgehead atoms. The molecular weight excluding hydrogens is 423 g/mol. The van der Waals surface area contributed by atoms with Gasteiger partial charge in [-0.2, -0.15) is 0 Å². The lowest BCUT2D eigenvalue weighted by Crippen LogP contribution is -2.36. The highest BCUT2D eigenvalue weighted by atomic mass is 35.5. The first-order chi connectivity index (χ1) is 14.3. The van der Waals surface area contributed by atoms with E-state index in [9.17, 15) is 14.0 Å². The third kappa shape index (κ3) is 3.80. The molecule has 0 spiro atoms. The summed E-state index contributed by atoms with van der Waals surface area (Å²) in [4.78, 5) is 32.9. The van der Waals surface area contributed by atoms with Gasteiger partial charge in [-0.05, 0) is 55.8 Å². The van der Waals surface area contributed by atoms with Crippen molar-refractivity contribution in [2.75, 3.05) is 18.0 Å². The SMILES string of the molecule is Cc1sc2c(c1C)C(c1cccc(Cl)c1)=NCC(=O)N2CC(=O)c1ccc(F)cc1. The van der Waals surface area contributed by atoms with Gasteiger partial charge < -0.3 is 0 Å². The molecule has 7 heteroatoms. The molecule has 152 valence electrons. The number of ketones is 1. The highest BCUT2D eigenvalue weighted by Crippen LogP contribution is 2.39. The maximum absolute atomic E-state index is 13.2. The highest BCUT2D eigenvalue weighted by Gasteiger charge is 2.31. The normalized spacial score (nSPS) is 13.7. The van der Waals surface area contributed by atoms with Crippen LogP contribution in [0.3, 0.4) is 0 Å². The molecule has 1 aliphatic rings. The fourth-order valence-electron chi connectivity index (χ4n) is 3.40. The number of halogens is 2. The largest absolute Gasteiger partial charge is 0.294 e. The lowest BCUT2D eigenvalue weighted by atomic mass is 10.00. The summed E-state index contributed by atoms with van der Waals surface area (Å²) in [5.41, 5.74) is 3.74. The van der Waals surface area contributed by atoms with E-state index >= 15 is 0 Å². The Labute approximate surface area is 182 Å². The van der Waals surface area contributed by atoms with Crippen LogP contribution in [0.25, 0.3) is 0 Å². The minimum Gasteiger partial charge on any atom is -0.294 e. The number of fused-ring (bicyclic) bond motifs is 1. The number of Topliss-reactive ketones (excluding diaryl/α,β-unsaturated/α-hetero) is 1. The minimum absolute atomic E-state index is 0.0710. The van der Waals surface area contributed by atoms with Gasteiger partial charge in [-0.25, -0.2) is 4.39 Å². The van der Waals surface area contributed by atoms with Gasteiger partial charge in [0.1, 0.15) is 17.4 Å². The van der Waals surface area contributed by atoms with Gasteiger partial charge in [-0.3, -0.25) is 19.5 Å². The number of hydrogen-bond acceptors (Lipinski definition) is 4. The van der Waals surface area contributed by atoms with E-state index in [1.54, 1.807) is 6.07 Å². The Bertz CT molecular complexity index is 1180. The maximum atomic E-state index is 13.2. The van der Waals surface area contributed by atoms with Gasteiger partial charge in [-0.15, -0.1) is 11.3 Å². The van der Waals surface area contributed by atoms with E-state index in [2.05, 4.69) is 4.99 Å². The Hall–Kier alpha value is -2.83. The van der Waals surface area contributed by atoms with E-state index in [-0.39, 0.29) is 24.8 Å². The number of nitrogens with zero attached hydrogens (tertiary/aromatic N) is 2. The molecule has 4 nitrogen and oxygen atoms in total. The van der Waals surface area contributed by atoms with Crippen molar-refractivity contribution in [3.63, 3.8) is 0 Å². The molecule has 4 rings (SSSR count). The molecule has 1 aliphatic heterocycles. The predicted molar refractivity (Wildman–Crippen MR) is 119 cm³/mol. The van der Waals surface area contributed by atoms with Crippen LogP contribution < -0.4 is 4.90 Å². The summed E-state index contributed by atoms with van der Waals surface area (Å²) in [5, 5.41) is 1.28. The van der Waals surface area contributed by atoms with Crippen LogP contribution in [0.15, 0.2) is 53.5 Å². The van der Waals surface area contributed by atoms with Gasteiger partial charge in [0.2, 0.25) is 5.91 Å². The average Bonchev–Trinajstić information content (AvgIpc) is 2.93. The number of aliphatic imine (C=N–C) groups is 1. The van der Waals surface area contributed by atoms with Crippen LogP contribution in [0.5, 0.6) is 0 Å². The van der Waals surface area contributed by atoms with Crippen LogP contribution in [0.1, 0.15) is 31.9 Å². The molecule has 30 heavy (non-hydrogen) atoms. The van der Waals surface area contributed by atoms with E-state index in [0.717, 1.165) is 21.6 Å². The molecular formula is C23H18ClFN2O2S. The molecule has 0 aliphatic carbocycles. The molecule has 2 aromatic carbocycles. The van der Waals surface area contributed by atoms with Crippen molar-refractivity contribution in [2.24, 2.45) is 4.99 Å². The lowest BCUT2D eigenvalue weighted by molar-refractivity contribution is -0.117. The van der Waals surface area contributed by atoms with Crippen molar-refractivity contribution in [2.45, 2.75) is 13.8 Å². The summed E-state index contributed by atoms with van der Waals surface area (Å²) in [6, 6.07) is 12.7. The summed E-state index contributed by atoms with van der Waals surface area (Å²) in [7, 11) is 0. The van der Waals surface area contributed by atoms with E-state index in [1.807, 2.05) is 32.0 Å². The molecule has 1 amide bonds. The first-order valence-corrected chi connectivity index (χ1v) is 10.5. The zero-order chi connectivity index (χ0) is 21.4. The Morgan fingerprint density at radius 3 is 2.63 bits per heavy atom. The number of amides is 1. The molecule has 0 unspecified atom stereocenters. The zero-order valence-electron chi connectivity index (χ0n) is 16.4. The number of carbonyl (C=O) groups is 2. The second-order valence-electron chi connectivity index (χ2n) is 7.05. The molecule has 3 aromatic rings. The van der Waals surface area contributed by atoms with Gasteiger partial charge in [-0.1, -0.05) is 23.7 Å². The molecule has 1 aromatic heterocycles. The van der Waals surface area contributed by atoms with Crippen LogP contribution in [0.4, 0.5) is 9.39 Å². The number of benzene rings is 2. The van der Waals surface area contributed by atoms with Crippen molar-refractivity contribution in [1.29, 1.82) is 0 Å². The first-order valence-electron chi connectivity index (χ1n) is 9.35. The van der Waals surface area contributed by atoms with Crippen molar-refractivity contribution in [3.8, 4) is 0 Å². The van der Waals surface area contributed by atoms with Gasteiger partial charge in [0.05, 0.1) is 12.3 Å². The second kappa shape index (κ2) is 8.13. The molecule has 0 atom stereocenters. The number of anilines is 1. The predicted octanol–water partition coefficient (Wildman–Crippen LogP) is 5.22. The third-order valence-electron chi connectivity index (χ3n) is 5.09. The average molecular weight is 441 g/mol. The van der Waals surface area contributed by atoms with E-state index in [0.29, 0.717) is 21.3 Å². The standard InChI is InChI=1S/C23H18ClFN2O2S/c1-13-14(2)30-23-21(13)22(16-4-3-5-17(24)10-16)26-11-20(29)27(23)12-19(28)15-6-8-18(25)9-7-15/h3-10H,11-12H2,1-2H3. The number of hydrogen-bond donors (Lipinski definition) is 0. The fraction of sp³-hybridized carbons (Fsp3) is 0.174. The van der Waals surface area contributed by atoms with Crippen molar-refractivity contribution in [3.05, 3.63) is 86.5 Å². The Morgan fingerprint density at radius 1 is 1.20 bits per heavy atom. The molecule has 0 fully saturated rings. The van der Waals surface area contributed by atoms with E-state index in [4.69, 9.17) is 11.6 Å². The topological polar surface area (TPSA) is 49.7 Å². The Morgan fingerprint density at radius 2 is 1.93 bits per heavy atom. The minimum atomic E-state index is -0.413. The number of aryl methyl sites for hydroxylation is 1. The summed E-state index contributed by atoms with van der Waals surface area (Å²) < 4.78 is 13.2. The van der Waals surface area contributed by atoms with Crippen LogP contribution >= 0.6 is 22.9 Å². The fourth-order valence-corrected chi connectivity index (χ4v) is 4.77. The molecule has 0 saturated carbocycles. The summed E-state index contributed by atoms with van der Waals surface area (Å²) in [6.07, 6.45) is 0. The maximum Gasteiger partial charge on any atom is 0.249 e. The third-order valence-corrected chi connectivity index (χ3v) is 6.55.